The normalized spacial score (nSPS) is 10.7. The Morgan fingerprint density at radius 1 is 1.12 bits per heavy atom. The molecule has 0 aliphatic carbocycles. The molecular weight excluding hydrogens is 307 g/mol. The summed E-state index contributed by atoms with van der Waals surface area (Å²) in [7, 11) is 3.90. The zero-order valence-electron chi connectivity index (χ0n) is 13.8. The van der Waals surface area contributed by atoms with E-state index in [0.717, 1.165) is 16.8 Å². The fraction of sp³-hybridized carbons (Fsp3) is 0.167. The number of aryl methyl sites for hydroxylation is 1. The molecule has 1 heterocycles. The largest absolute Gasteiger partial charge is 0.508 e. The van der Waals surface area contributed by atoms with Crippen LogP contribution < -0.4 is 10.2 Å². The lowest BCUT2D eigenvalue weighted by atomic mass is 10.1. The zero-order valence-corrected chi connectivity index (χ0v) is 13.8. The number of nitrogens with zero attached hydrogens (tertiary/aromatic N) is 2. The summed E-state index contributed by atoms with van der Waals surface area (Å²) in [5, 5.41) is 19.2. The van der Waals surface area contributed by atoms with E-state index in [1.54, 1.807) is 18.2 Å². The molecule has 0 saturated carbocycles. The molecule has 3 rings (SSSR count). The maximum Gasteiger partial charge on any atom is 0.193 e. The summed E-state index contributed by atoms with van der Waals surface area (Å²) in [5.41, 5.74) is 3.58. The molecule has 6 heteroatoms. The van der Waals surface area contributed by atoms with Crippen LogP contribution in [0.5, 0.6) is 5.75 Å². The third kappa shape index (κ3) is 3.03. The quantitative estimate of drug-likeness (QED) is 0.633. The molecule has 0 aliphatic rings. The first kappa shape index (κ1) is 15.9. The number of rotatable bonds is 4. The van der Waals surface area contributed by atoms with Gasteiger partial charge in [0.05, 0.1) is 0 Å². The van der Waals surface area contributed by atoms with Crippen molar-refractivity contribution < 1.29 is 9.50 Å². The Labute approximate surface area is 139 Å². The Bertz CT molecular complexity index is 856. The number of aromatic amines is 1. The van der Waals surface area contributed by atoms with Crippen LogP contribution in [0.25, 0.3) is 11.3 Å². The topological polar surface area (TPSA) is 64.2 Å². The number of benzene rings is 2. The molecule has 0 unspecified atom stereocenters. The molecule has 3 aromatic rings. The predicted octanol–water partition coefficient (Wildman–Crippen LogP) is 4.04. The van der Waals surface area contributed by atoms with Gasteiger partial charge in [0, 0.05) is 31.0 Å². The number of anilines is 3. The van der Waals surface area contributed by atoms with Crippen LogP contribution in [0.15, 0.2) is 42.5 Å². The molecule has 0 radical (unpaired) electrons. The first-order valence-electron chi connectivity index (χ1n) is 7.54. The molecule has 0 aliphatic heterocycles. The number of H-pyrrole nitrogens is 1. The highest BCUT2D eigenvalue weighted by Crippen LogP contribution is 2.30. The molecule has 24 heavy (non-hydrogen) atoms. The van der Waals surface area contributed by atoms with E-state index in [2.05, 4.69) is 15.5 Å². The van der Waals surface area contributed by atoms with Crippen molar-refractivity contribution in [2.75, 3.05) is 24.3 Å². The van der Waals surface area contributed by atoms with Gasteiger partial charge >= 0.3 is 0 Å². The predicted molar refractivity (Wildman–Crippen MR) is 94.4 cm³/mol. The van der Waals surface area contributed by atoms with E-state index in [-0.39, 0.29) is 11.6 Å². The molecule has 2 aromatic carbocycles. The highest BCUT2D eigenvalue weighted by molar-refractivity contribution is 5.70. The molecule has 3 N–H and O–H groups in total. The van der Waals surface area contributed by atoms with E-state index in [4.69, 9.17) is 0 Å². The standard InChI is InChI=1S/C18H19FN4O/c1-11-10-14(24)8-9-15(11)20-18-16(19)17(21-22-18)12-4-6-13(7-5-12)23(2)3/h4-10,24H,1-3H3,(H2,20,21,22). The van der Waals surface area contributed by atoms with Crippen molar-refractivity contribution in [1.82, 2.24) is 10.2 Å². The Hall–Kier alpha value is -3.02. The summed E-state index contributed by atoms with van der Waals surface area (Å²) < 4.78 is 14.7. The second kappa shape index (κ2) is 6.23. The Morgan fingerprint density at radius 3 is 2.46 bits per heavy atom. The second-order valence-electron chi connectivity index (χ2n) is 5.83. The van der Waals surface area contributed by atoms with Crippen molar-refractivity contribution in [3.05, 3.63) is 53.8 Å². The van der Waals surface area contributed by atoms with Gasteiger partial charge in [0.1, 0.15) is 11.4 Å². The molecule has 5 nitrogen and oxygen atoms in total. The summed E-state index contributed by atoms with van der Waals surface area (Å²) in [6.07, 6.45) is 0. The van der Waals surface area contributed by atoms with E-state index in [9.17, 15) is 9.50 Å². The number of aromatic hydroxyl groups is 1. The maximum absolute atomic E-state index is 14.7. The van der Waals surface area contributed by atoms with Crippen LogP contribution >= 0.6 is 0 Å². The molecule has 124 valence electrons. The fourth-order valence-corrected chi connectivity index (χ4v) is 2.44. The van der Waals surface area contributed by atoms with Gasteiger partial charge in [-0.3, -0.25) is 5.10 Å². The Morgan fingerprint density at radius 2 is 1.83 bits per heavy atom. The summed E-state index contributed by atoms with van der Waals surface area (Å²) in [6.45, 7) is 1.83. The molecule has 0 atom stereocenters. The van der Waals surface area contributed by atoms with Crippen LogP contribution in [0.2, 0.25) is 0 Å². The summed E-state index contributed by atoms with van der Waals surface area (Å²) >= 11 is 0. The summed E-state index contributed by atoms with van der Waals surface area (Å²) in [4.78, 5) is 1.98. The SMILES string of the molecule is Cc1cc(O)ccc1Nc1n[nH]c(-c2ccc(N(C)C)cc2)c1F. The lowest BCUT2D eigenvalue weighted by Crippen LogP contribution is -2.07. The van der Waals surface area contributed by atoms with Gasteiger partial charge < -0.3 is 15.3 Å². The number of halogens is 1. The van der Waals surface area contributed by atoms with Crippen LogP contribution in [-0.4, -0.2) is 29.4 Å². The average Bonchev–Trinajstić information content (AvgIpc) is 2.91. The van der Waals surface area contributed by atoms with Gasteiger partial charge in [-0.2, -0.15) is 5.10 Å². The van der Waals surface area contributed by atoms with Crippen LogP contribution in [0.4, 0.5) is 21.6 Å². The minimum Gasteiger partial charge on any atom is -0.508 e. The Balaban J connectivity index is 1.88. The zero-order chi connectivity index (χ0) is 17.3. The smallest absolute Gasteiger partial charge is 0.193 e. The molecule has 0 saturated heterocycles. The van der Waals surface area contributed by atoms with Gasteiger partial charge in [0.2, 0.25) is 0 Å². The number of hydrogen-bond acceptors (Lipinski definition) is 4. The molecule has 0 bridgehead atoms. The number of aromatic nitrogens is 2. The lowest BCUT2D eigenvalue weighted by molar-refractivity contribution is 0.475. The second-order valence-corrected chi connectivity index (χ2v) is 5.83. The highest BCUT2D eigenvalue weighted by atomic mass is 19.1. The van der Waals surface area contributed by atoms with E-state index in [0.29, 0.717) is 11.4 Å². The summed E-state index contributed by atoms with van der Waals surface area (Å²) in [5.74, 6) is -0.155. The highest BCUT2D eigenvalue weighted by Gasteiger charge is 2.15. The van der Waals surface area contributed by atoms with Crippen molar-refractivity contribution >= 4 is 17.2 Å². The van der Waals surface area contributed by atoms with Crippen molar-refractivity contribution in [2.45, 2.75) is 6.92 Å². The molecule has 0 fully saturated rings. The van der Waals surface area contributed by atoms with E-state index in [1.165, 1.54) is 0 Å². The number of phenols is 1. The lowest BCUT2D eigenvalue weighted by Gasteiger charge is -2.12. The van der Waals surface area contributed by atoms with Gasteiger partial charge in [-0.25, -0.2) is 4.39 Å². The minimum absolute atomic E-state index is 0.121. The molecule has 0 amide bonds. The third-order valence-corrected chi connectivity index (χ3v) is 3.84. The van der Waals surface area contributed by atoms with E-state index < -0.39 is 5.82 Å². The van der Waals surface area contributed by atoms with Crippen LogP contribution in [-0.2, 0) is 0 Å². The van der Waals surface area contributed by atoms with E-state index >= 15 is 0 Å². The van der Waals surface area contributed by atoms with Gasteiger partial charge in [-0.1, -0.05) is 12.1 Å². The van der Waals surface area contributed by atoms with Gasteiger partial charge in [0.25, 0.3) is 0 Å². The monoisotopic (exact) mass is 326 g/mol. The van der Waals surface area contributed by atoms with Gasteiger partial charge in [-0.05, 0) is 42.8 Å². The van der Waals surface area contributed by atoms with Gasteiger partial charge in [-0.15, -0.1) is 0 Å². The van der Waals surface area contributed by atoms with Crippen molar-refractivity contribution in [2.24, 2.45) is 0 Å². The number of nitrogens with one attached hydrogen (secondary N) is 2. The average molecular weight is 326 g/mol. The van der Waals surface area contributed by atoms with Gasteiger partial charge in [0.15, 0.2) is 11.6 Å². The number of hydrogen-bond donors (Lipinski definition) is 3. The fourth-order valence-electron chi connectivity index (χ4n) is 2.44. The van der Waals surface area contributed by atoms with Crippen LogP contribution in [0.3, 0.4) is 0 Å². The molecular formula is C18H19FN4O. The molecule has 0 spiro atoms. The third-order valence-electron chi connectivity index (χ3n) is 3.84. The van der Waals surface area contributed by atoms with Crippen molar-refractivity contribution in [1.29, 1.82) is 0 Å². The van der Waals surface area contributed by atoms with Crippen LogP contribution in [0.1, 0.15) is 5.56 Å². The maximum atomic E-state index is 14.7. The Kier molecular flexibility index (Phi) is 4.12. The van der Waals surface area contributed by atoms with Crippen molar-refractivity contribution in [3.63, 3.8) is 0 Å². The first-order valence-corrected chi connectivity index (χ1v) is 7.54. The summed E-state index contributed by atoms with van der Waals surface area (Å²) in [6, 6.07) is 12.4. The molecule has 1 aromatic heterocycles. The van der Waals surface area contributed by atoms with Crippen molar-refractivity contribution in [3.8, 4) is 17.0 Å². The van der Waals surface area contributed by atoms with E-state index in [1.807, 2.05) is 50.2 Å². The van der Waals surface area contributed by atoms with Crippen LogP contribution in [0, 0.1) is 12.7 Å². The number of phenolic OH excluding ortho intramolecular Hbond substituents is 1. The minimum atomic E-state index is -0.444. The first-order chi connectivity index (χ1) is 11.5.